The molecule has 3 aromatic rings. The molecule has 7 rings (SSSR count). The largest absolute Gasteiger partial charge is 0.461 e. The molecule has 2 fully saturated rings. The van der Waals surface area contributed by atoms with Gasteiger partial charge in [-0.05, 0) is 51.3 Å². The maximum absolute atomic E-state index is 15.7. The summed E-state index contributed by atoms with van der Waals surface area (Å²) in [6.07, 6.45) is -3.05. The zero-order valence-corrected chi connectivity index (χ0v) is 28.9. The molecule has 0 radical (unpaired) electrons. The van der Waals surface area contributed by atoms with Gasteiger partial charge in [-0.2, -0.15) is 28.2 Å². The van der Waals surface area contributed by atoms with Crippen LogP contribution in [-0.2, 0) is 37.0 Å². The van der Waals surface area contributed by atoms with Gasteiger partial charge in [0, 0.05) is 56.8 Å². The average molecular weight is 709 g/mol. The SMILES string of the molecule is C=C1CN2CCC[C@@]2(COc2nc3c(c(N4CCCn5nc(C(=O)N(C)C)cc5C4)n2)CO[C@@H](c2c(F)c(N)cc(C#CC)c2C(F)(F)F)C3)C1. The van der Waals surface area contributed by atoms with Gasteiger partial charge in [0.2, 0.25) is 0 Å². The molecule has 1 amide bonds. The van der Waals surface area contributed by atoms with Crippen molar-refractivity contribution in [2.24, 2.45) is 0 Å². The molecule has 4 aliphatic heterocycles. The van der Waals surface area contributed by atoms with Crippen LogP contribution in [0, 0.1) is 17.7 Å². The van der Waals surface area contributed by atoms with Crippen molar-refractivity contribution in [2.45, 2.75) is 76.5 Å². The van der Waals surface area contributed by atoms with E-state index in [0.29, 0.717) is 55.4 Å². The zero-order chi connectivity index (χ0) is 36.2. The highest BCUT2D eigenvalue weighted by Crippen LogP contribution is 2.45. The fourth-order valence-electron chi connectivity index (χ4n) is 7.91. The standard InChI is InChI=1S/C36H40F4N8O3/c1-5-8-22-13-25(41)31(37)29(30(22)36(38,39)40)28-15-26-24(19-50-28)32(43-34(42-26)51-20-35-9-6-11-47(35)17-21(2)16-35)46-10-7-12-48-23(18-46)14-27(44-48)33(49)45(3)4/h13-14,28H,2,6-7,9-12,15-20,41H2,1,3-4H3/t28-,35+/m1/s1. The number of halogens is 4. The lowest BCUT2D eigenvalue weighted by Crippen LogP contribution is -2.43. The minimum atomic E-state index is -4.93. The van der Waals surface area contributed by atoms with Gasteiger partial charge in [-0.15, -0.1) is 5.92 Å². The van der Waals surface area contributed by atoms with E-state index in [2.05, 4.69) is 28.4 Å². The minimum absolute atomic E-state index is 0.0750. The Hall–Kier alpha value is -4.68. The summed E-state index contributed by atoms with van der Waals surface area (Å²) in [5.41, 5.74) is 6.09. The molecule has 2 N–H and O–H groups in total. The van der Waals surface area contributed by atoms with E-state index in [9.17, 15) is 18.0 Å². The third kappa shape index (κ3) is 6.40. The summed E-state index contributed by atoms with van der Waals surface area (Å²) in [6, 6.07) is 2.74. The first kappa shape index (κ1) is 34.8. The van der Waals surface area contributed by atoms with E-state index in [0.717, 1.165) is 49.7 Å². The van der Waals surface area contributed by atoms with Crippen LogP contribution in [0.15, 0.2) is 24.3 Å². The number of carbonyl (C=O) groups excluding carboxylic acids is 1. The van der Waals surface area contributed by atoms with E-state index in [-0.39, 0.29) is 30.5 Å². The number of nitrogens with zero attached hydrogens (tertiary/aromatic N) is 7. The van der Waals surface area contributed by atoms with Gasteiger partial charge < -0.3 is 25.0 Å². The Kier molecular flexibility index (Phi) is 8.95. The van der Waals surface area contributed by atoms with E-state index < -0.39 is 40.5 Å². The van der Waals surface area contributed by atoms with Crippen molar-refractivity contribution in [1.82, 2.24) is 29.5 Å². The fraction of sp³-hybridized carbons (Fsp3) is 0.500. The minimum Gasteiger partial charge on any atom is -0.461 e. The summed E-state index contributed by atoms with van der Waals surface area (Å²) in [5, 5.41) is 4.54. The molecule has 0 spiro atoms. The fourth-order valence-corrected chi connectivity index (χ4v) is 7.91. The molecule has 0 aliphatic carbocycles. The lowest BCUT2D eigenvalue weighted by molar-refractivity contribution is -0.140. The lowest BCUT2D eigenvalue weighted by Gasteiger charge is -2.33. The van der Waals surface area contributed by atoms with E-state index in [4.69, 9.17) is 25.2 Å². The van der Waals surface area contributed by atoms with Crippen LogP contribution in [0.25, 0.3) is 0 Å². The van der Waals surface area contributed by atoms with Crippen LogP contribution in [-0.4, -0.2) is 81.3 Å². The summed E-state index contributed by atoms with van der Waals surface area (Å²) in [4.78, 5) is 28.2. The van der Waals surface area contributed by atoms with Gasteiger partial charge in [0.05, 0.1) is 47.4 Å². The molecule has 0 saturated carbocycles. The number of nitrogens with two attached hydrogens (primary N) is 1. The van der Waals surface area contributed by atoms with Gasteiger partial charge in [0.1, 0.15) is 12.4 Å². The van der Waals surface area contributed by atoms with Gasteiger partial charge in [0.25, 0.3) is 5.91 Å². The predicted molar refractivity (Wildman–Crippen MR) is 180 cm³/mol. The van der Waals surface area contributed by atoms with Gasteiger partial charge in [-0.1, -0.05) is 18.1 Å². The highest BCUT2D eigenvalue weighted by Gasteiger charge is 2.47. The number of aromatic nitrogens is 4. The van der Waals surface area contributed by atoms with Gasteiger partial charge in [0.15, 0.2) is 11.5 Å². The Morgan fingerprint density at radius 2 is 2.00 bits per heavy atom. The molecular weight excluding hydrogens is 668 g/mol. The van der Waals surface area contributed by atoms with E-state index >= 15 is 4.39 Å². The number of aryl methyl sites for hydroxylation is 1. The first-order valence-corrected chi connectivity index (χ1v) is 17.0. The number of rotatable bonds is 6. The van der Waals surface area contributed by atoms with Crippen molar-refractivity contribution >= 4 is 17.4 Å². The molecule has 270 valence electrons. The Labute approximate surface area is 293 Å². The van der Waals surface area contributed by atoms with Gasteiger partial charge >= 0.3 is 12.2 Å². The number of alkyl halides is 3. The molecule has 2 saturated heterocycles. The molecule has 1 aromatic carbocycles. The van der Waals surface area contributed by atoms with Crippen molar-refractivity contribution in [3.8, 4) is 17.9 Å². The molecule has 2 atom stereocenters. The normalized spacial score (nSPS) is 21.7. The van der Waals surface area contributed by atoms with Crippen LogP contribution < -0.4 is 15.4 Å². The second-order valence-corrected chi connectivity index (χ2v) is 13.9. The Bertz CT molecular complexity index is 1970. The quantitative estimate of drug-likeness (QED) is 0.166. The van der Waals surface area contributed by atoms with Crippen LogP contribution in [0.2, 0.25) is 0 Å². The summed E-state index contributed by atoms with van der Waals surface area (Å²) in [5.74, 6) is 4.00. The van der Waals surface area contributed by atoms with Crippen LogP contribution >= 0.6 is 0 Å². The van der Waals surface area contributed by atoms with Crippen molar-refractivity contribution in [3.63, 3.8) is 0 Å². The number of ether oxygens (including phenoxy) is 2. The molecule has 2 aromatic heterocycles. The van der Waals surface area contributed by atoms with Crippen LogP contribution in [0.1, 0.15) is 82.8 Å². The smallest absolute Gasteiger partial charge is 0.418 e. The maximum Gasteiger partial charge on any atom is 0.418 e. The van der Waals surface area contributed by atoms with Gasteiger partial charge in [-0.25, -0.2) is 4.39 Å². The molecule has 0 bridgehead atoms. The molecular formula is C36H40F4N8O3. The topological polar surface area (TPSA) is 115 Å². The van der Waals surface area contributed by atoms with Crippen molar-refractivity contribution < 1.29 is 31.8 Å². The number of fused-ring (bicyclic) bond motifs is 3. The highest BCUT2D eigenvalue weighted by atomic mass is 19.4. The summed E-state index contributed by atoms with van der Waals surface area (Å²) >= 11 is 0. The lowest BCUT2D eigenvalue weighted by atomic mass is 9.91. The molecule has 11 nitrogen and oxygen atoms in total. The maximum atomic E-state index is 15.7. The number of anilines is 2. The summed E-state index contributed by atoms with van der Waals surface area (Å²) in [6.45, 7) is 8.95. The zero-order valence-electron chi connectivity index (χ0n) is 28.9. The first-order chi connectivity index (χ1) is 24.3. The number of hydrogen-bond donors (Lipinski definition) is 1. The van der Waals surface area contributed by atoms with E-state index in [1.54, 1.807) is 20.2 Å². The summed E-state index contributed by atoms with van der Waals surface area (Å²) in [7, 11) is 3.33. The molecule has 4 aliphatic rings. The monoisotopic (exact) mass is 708 g/mol. The van der Waals surface area contributed by atoms with E-state index in [1.165, 1.54) is 11.8 Å². The number of carbonyl (C=O) groups is 1. The summed E-state index contributed by atoms with van der Waals surface area (Å²) < 4.78 is 73.7. The highest BCUT2D eigenvalue weighted by molar-refractivity contribution is 5.92. The first-order valence-electron chi connectivity index (χ1n) is 17.0. The van der Waals surface area contributed by atoms with Crippen molar-refractivity contribution in [3.05, 3.63) is 69.4 Å². The van der Waals surface area contributed by atoms with E-state index in [1.807, 2.05) is 9.58 Å². The molecule has 0 unspecified atom stereocenters. The second kappa shape index (κ2) is 13.1. The number of benzene rings is 1. The Morgan fingerprint density at radius 3 is 2.75 bits per heavy atom. The third-order valence-electron chi connectivity index (χ3n) is 10.2. The molecule has 51 heavy (non-hydrogen) atoms. The van der Waals surface area contributed by atoms with Crippen molar-refractivity contribution in [2.75, 3.05) is 51.0 Å². The predicted octanol–water partition coefficient (Wildman–Crippen LogP) is 4.88. The van der Waals surface area contributed by atoms with Gasteiger partial charge in [-0.3, -0.25) is 14.4 Å². The van der Waals surface area contributed by atoms with Crippen LogP contribution in [0.5, 0.6) is 6.01 Å². The van der Waals surface area contributed by atoms with Crippen molar-refractivity contribution in [1.29, 1.82) is 0 Å². The number of hydrogen-bond acceptors (Lipinski definition) is 9. The van der Waals surface area contributed by atoms with Crippen LogP contribution in [0.3, 0.4) is 0 Å². The average Bonchev–Trinajstić information content (AvgIpc) is 3.70. The molecule has 15 heteroatoms. The third-order valence-corrected chi connectivity index (χ3v) is 10.2. The second-order valence-electron chi connectivity index (χ2n) is 13.9. The Morgan fingerprint density at radius 1 is 1.20 bits per heavy atom. The number of amides is 1. The molecule has 6 heterocycles. The Balaban J connectivity index is 1.29. The van der Waals surface area contributed by atoms with Crippen LogP contribution in [0.4, 0.5) is 29.1 Å². The number of nitrogen functional groups attached to an aromatic ring is 1.